The van der Waals surface area contributed by atoms with Crippen molar-refractivity contribution in [1.82, 2.24) is 10.6 Å². The van der Waals surface area contributed by atoms with E-state index in [1.54, 1.807) is 19.2 Å². The second-order valence-electron chi connectivity index (χ2n) is 5.17. The molecule has 0 spiro atoms. The Bertz CT molecular complexity index is 472. The first-order valence-electron chi connectivity index (χ1n) is 7.00. The van der Waals surface area contributed by atoms with Gasteiger partial charge in [0.2, 0.25) is 5.91 Å². The van der Waals surface area contributed by atoms with Gasteiger partial charge in [-0.2, -0.15) is 0 Å². The molecule has 20 heavy (non-hydrogen) atoms. The smallest absolute Gasteiger partial charge is 0.223 e. The molecule has 1 unspecified atom stereocenters. The number of aromatic hydroxyl groups is 1. The maximum absolute atomic E-state index is 11.5. The van der Waals surface area contributed by atoms with Crippen molar-refractivity contribution in [3.8, 4) is 11.5 Å². The molecule has 5 nitrogen and oxygen atoms in total. The van der Waals surface area contributed by atoms with Crippen molar-refractivity contribution in [2.24, 2.45) is 5.92 Å². The maximum Gasteiger partial charge on any atom is 0.223 e. The van der Waals surface area contributed by atoms with Gasteiger partial charge in [0.1, 0.15) is 11.5 Å². The number of nitrogens with one attached hydrogen (secondary N) is 2. The predicted molar refractivity (Wildman–Crippen MR) is 76.8 cm³/mol. The number of amides is 1. The van der Waals surface area contributed by atoms with E-state index in [2.05, 4.69) is 10.6 Å². The van der Waals surface area contributed by atoms with Gasteiger partial charge in [-0.1, -0.05) is 0 Å². The molecule has 1 aliphatic carbocycles. The fourth-order valence-electron chi connectivity index (χ4n) is 2.08. The van der Waals surface area contributed by atoms with Gasteiger partial charge in [-0.15, -0.1) is 0 Å². The summed E-state index contributed by atoms with van der Waals surface area (Å²) in [6, 6.07) is 5.15. The summed E-state index contributed by atoms with van der Waals surface area (Å²) in [6.07, 6.45) is 2.04. The van der Waals surface area contributed by atoms with Crippen molar-refractivity contribution < 1.29 is 14.6 Å². The van der Waals surface area contributed by atoms with E-state index in [0.29, 0.717) is 18.8 Å². The molecule has 1 amide bonds. The quantitative estimate of drug-likeness (QED) is 0.662. The Hall–Kier alpha value is -1.75. The van der Waals surface area contributed by atoms with Gasteiger partial charge in [-0.25, -0.2) is 0 Å². The molecule has 1 aromatic rings. The fraction of sp³-hybridized carbons (Fsp3) is 0.533. The number of carbonyl (C=O) groups excluding carboxylic acids is 1. The van der Waals surface area contributed by atoms with Crippen LogP contribution in [0.4, 0.5) is 0 Å². The number of hydrogen-bond acceptors (Lipinski definition) is 4. The lowest BCUT2D eigenvalue weighted by Crippen LogP contribution is -2.33. The molecule has 1 saturated carbocycles. The molecule has 2 rings (SSSR count). The monoisotopic (exact) mass is 278 g/mol. The summed E-state index contributed by atoms with van der Waals surface area (Å²) in [7, 11) is 1.60. The lowest BCUT2D eigenvalue weighted by molar-refractivity contribution is -0.122. The molecule has 110 valence electrons. The Kier molecular flexibility index (Phi) is 4.84. The molecule has 1 fully saturated rings. The summed E-state index contributed by atoms with van der Waals surface area (Å²) in [5.74, 6) is 1.36. The van der Waals surface area contributed by atoms with E-state index in [-0.39, 0.29) is 23.6 Å². The number of hydrogen-bond donors (Lipinski definition) is 3. The van der Waals surface area contributed by atoms with Crippen molar-refractivity contribution in [3.63, 3.8) is 0 Å². The van der Waals surface area contributed by atoms with Crippen molar-refractivity contribution in [2.75, 3.05) is 20.2 Å². The SMILES string of the molecule is COc1ccc(O)c(C(C)NCCNC(=O)C2CC2)c1. The molecule has 0 heterocycles. The topological polar surface area (TPSA) is 70.6 Å². The zero-order valence-corrected chi connectivity index (χ0v) is 12.0. The van der Waals surface area contributed by atoms with E-state index in [1.165, 1.54) is 0 Å². The van der Waals surface area contributed by atoms with Gasteiger partial charge < -0.3 is 20.5 Å². The van der Waals surface area contributed by atoms with Crippen LogP contribution in [0.3, 0.4) is 0 Å². The number of carbonyl (C=O) groups is 1. The van der Waals surface area contributed by atoms with E-state index in [1.807, 2.05) is 13.0 Å². The molecule has 3 N–H and O–H groups in total. The minimum Gasteiger partial charge on any atom is -0.508 e. The molecular formula is C15H22N2O3. The number of phenols is 1. The first-order chi connectivity index (χ1) is 9.61. The summed E-state index contributed by atoms with van der Waals surface area (Å²) in [5.41, 5.74) is 0.790. The van der Waals surface area contributed by atoms with E-state index in [0.717, 1.165) is 18.4 Å². The Labute approximate surface area is 119 Å². The molecule has 5 heteroatoms. The van der Waals surface area contributed by atoms with E-state index >= 15 is 0 Å². The Morgan fingerprint density at radius 2 is 2.20 bits per heavy atom. The van der Waals surface area contributed by atoms with Gasteiger partial charge >= 0.3 is 0 Å². The van der Waals surface area contributed by atoms with E-state index < -0.39 is 0 Å². The molecule has 1 aromatic carbocycles. The van der Waals surface area contributed by atoms with Gasteiger partial charge in [-0.05, 0) is 38.0 Å². The van der Waals surface area contributed by atoms with Gasteiger partial charge in [0.25, 0.3) is 0 Å². The highest BCUT2D eigenvalue weighted by Crippen LogP contribution is 2.29. The Morgan fingerprint density at radius 3 is 2.85 bits per heavy atom. The first kappa shape index (κ1) is 14.7. The summed E-state index contributed by atoms with van der Waals surface area (Å²) in [6.45, 7) is 3.23. The van der Waals surface area contributed by atoms with Crippen LogP contribution in [0, 0.1) is 5.92 Å². The zero-order valence-electron chi connectivity index (χ0n) is 12.0. The third-order valence-electron chi connectivity index (χ3n) is 3.52. The van der Waals surface area contributed by atoms with Gasteiger partial charge in [0.05, 0.1) is 7.11 Å². The number of benzene rings is 1. The van der Waals surface area contributed by atoms with Crippen molar-refractivity contribution in [1.29, 1.82) is 0 Å². The third-order valence-corrected chi connectivity index (χ3v) is 3.52. The number of rotatable bonds is 7. The Morgan fingerprint density at radius 1 is 1.45 bits per heavy atom. The number of methoxy groups -OCH3 is 1. The summed E-state index contributed by atoms with van der Waals surface area (Å²) >= 11 is 0. The second kappa shape index (κ2) is 6.61. The fourth-order valence-corrected chi connectivity index (χ4v) is 2.08. The molecule has 0 bridgehead atoms. The second-order valence-corrected chi connectivity index (χ2v) is 5.17. The van der Waals surface area contributed by atoms with Gasteiger partial charge in [-0.3, -0.25) is 4.79 Å². The summed E-state index contributed by atoms with van der Waals surface area (Å²) in [4.78, 5) is 11.5. The van der Waals surface area contributed by atoms with Crippen LogP contribution in [0.5, 0.6) is 11.5 Å². The molecule has 1 aliphatic rings. The van der Waals surface area contributed by atoms with E-state index in [9.17, 15) is 9.90 Å². The average molecular weight is 278 g/mol. The third kappa shape index (κ3) is 3.87. The van der Waals surface area contributed by atoms with Crippen LogP contribution in [0.15, 0.2) is 18.2 Å². The highest BCUT2D eigenvalue weighted by atomic mass is 16.5. The molecular weight excluding hydrogens is 256 g/mol. The average Bonchev–Trinajstić information content (AvgIpc) is 3.28. The van der Waals surface area contributed by atoms with Crippen LogP contribution >= 0.6 is 0 Å². The Balaban J connectivity index is 1.78. The highest BCUT2D eigenvalue weighted by Gasteiger charge is 2.28. The molecule has 1 atom stereocenters. The van der Waals surface area contributed by atoms with Gasteiger partial charge in [0.15, 0.2) is 0 Å². The van der Waals surface area contributed by atoms with Crippen LogP contribution < -0.4 is 15.4 Å². The molecule has 0 aliphatic heterocycles. The normalized spacial score (nSPS) is 15.7. The van der Waals surface area contributed by atoms with Crippen molar-refractivity contribution in [3.05, 3.63) is 23.8 Å². The lowest BCUT2D eigenvalue weighted by atomic mass is 10.1. The highest BCUT2D eigenvalue weighted by molar-refractivity contribution is 5.80. The standard InChI is InChI=1S/C15H22N2O3/c1-10(13-9-12(20-2)5-6-14(13)18)16-7-8-17-15(19)11-3-4-11/h5-6,9-11,16,18H,3-4,7-8H2,1-2H3,(H,17,19). The first-order valence-corrected chi connectivity index (χ1v) is 7.00. The zero-order chi connectivity index (χ0) is 14.5. The van der Waals surface area contributed by atoms with Crippen molar-refractivity contribution in [2.45, 2.75) is 25.8 Å². The predicted octanol–water partition coefficient (Wildman–Crippen LogP) is 1.58. The van der Waals surface area contributed by atoms with Crippen LogP contribution in [0.1, 0.15) is 31.4 Å². The summed E-state index contributed by atoms with van der Waals surface area (Å²) < 4.78 is 5.15. The van der Waals surface area contributed by atoms with Crippen LogP contribution in [-0.2, 0) is 4.79 Å². The largest absolute Gasteiger partial charge is 0.508 e. The van der Waals surface area contributed by atoms with Gasteiger partial charge in [0, 0.05) is 30.6 Å². The molecule has 0 radical (unpaired) electrons. The minimum absolute atomic E-state index is 0.0112. The molecule has 0 saturated heterocycles. The van der Waals surface area contributed by atoms with Crippen LogP contribution in [-0.4, -0.2) is 31.2 Å². The summed E-state index contributed by atoms with van der Waals surface area (Å²) in [5, 5.41) is 16.0. The minimum atomic E-state index is -0.0112. The van der Waals surface area contributed by atoms with Crippen LogP contribution in [0.2, 0.25) is 0 Å². The lowest BCUT2D eigenvalue weighted by Gasteiger charge is -2.16. The van der Waals surface area contributed by atoms with E-state index in [4.69, 9.17) is 4.74 Å². The maximum atomic E-state index is 11.5. The molecule has 0 aromatic heterocycles. The number of phenolic OH excluding ortho intramolecular Hbond substituents is 1. The van der Waals surface area contributed by atoms with Crippen LogP contribution in [0.25, 0.3) is 0 Å². The number of ether oxygens (including phenoxy) is 1. The van der Waals surface area contributed by atoms with Crippen molar-refractivity contribution >= 4 is 5.91 Å².